The largest absolute Gasteiger partial charge is 0.353 e. The van der Waals surface area contributed by atoms with Crippen LogP contribution in [-0.2, 0) is 0 Å². The lowest BCUT2D eigenvalue weighted by Crippen LogP contribution is -2.18. The van der Waals surface area contributed by atoms with E-state index in [1.54, 1.807) is 0 Å². The van der Waals surface area contributed by atoms with Crippen molar-refractivity contribution in [3.63, 3.8) is 0 Å². The summed E-state index contributed by atoms with van der Waals surface area (Å²) in [5.74, 6) is 1.68. The van der Waals surface area contributed by atoms with Crippen LogP contribution in [-0.4, -0.2) is 15.6 Å². The fraction of sp³-hybridized carbons (Fsp3) is 0.471. The van der Waals surface area contributed by atoms with Crippen molar-refractivity contribution in [2.75, 3.05) is 5.32 Å². The Kier molecular flexibility index (Phi) is 4.83. The first-order valence-corrected chi connectivity index (χ1v) is 7.44. The Labute approximate surface area is 122 Å². The van der Waals surface area contributed by atoms with E-state index in [1.165, 1.54) is 12.8 Å². The van der Waals surface area contributed by atoms with Crippen molar-refractivity contribution in [1.82, 2.24) is 9.55 Å². The van der Waals surface area contributed by atoms with E-state index >= 15 is 0 Å². The highest BCUT2D eigenvalue weighted by Crippen LogP contribution is 2.18. The Balaban J connectivity index is 2.12. The summed E-state index contributed by atoms with van der Waals surface area (Å²) in [6, 6.07) is 10.8. The maximum atomic E-state index is 4.61. The number of benzene rings is 1. The molecule has 20 heavy (non-hydrogen) atoms. The zero-order valence-electron chi connectivity index (χ0n) is 12.9. The van der Waals surface area contributed by atoms with Crippen LogP contribution in [0.1, 0.15) is 39.3 Å². The van der Waals surface area contributed by atoms with Crippen LogP contribution in [0.25, 0.3) is 5.69 Å². The van der Waals surface area contributed by atoms with Crippen LogP contribution < -0.4 is 5.32 Å². The number of aryl methyl sites for hydroxylation is 1. The van der Waals surface area contributed by atoms with Gasteiger partial charge >= 0.3 is 0 Å². The molecular formula is C17H25N3. The summed E-state index contributed by atoms with van der Waals surface area (Å²) in [6.45, 7) is 8.79. The van der Waals surface area contributed by atoms with E-state index in [1.807, 2.05) is 13.0 Å². The lowest BCUT2D eigenvalue weighted by atomic mass is 10.0. The predicted molar refractivity (Wildman–Crippen MR) is 85.5 cm³/mol. The molecule has 0 aliphatic rings. The van der Waals surface area contributed by atoms with E-state index in [4.69, 9.17) is 0 Å². The van der Waals surface area contributed by atoms with Crippen molar-refractivity contribution in [2.45, 2.75) is 46.6 Å². The van der Waals surface area contributed by atoms with Gasteiger partial charge < -0.3 is 5.32 Å². The Morgan fingerprint density at radius 1 is 1.10 bits per heavy atom. The highest BCUT2D eigenvalue weighted by molar-refractivity contribution is 5.43. The number of para-hydroxylation sites is 1. The fourth-order valence-corrected chi connectivity index (χ4v) is 2.26. The van der Waals surface area contributed by atoms with Crippen LogP contribution in [0.3, 0.4) is 0 Å². The summed E-state index contributed by atoms with van der Waals surface area (Å²) in [4.78, 5) is 4.61. The normalized spacial score (nSPS) is 12.7. The van der Waals surface area contributed by atoms with Crippen molar-refractivity contribution in [3.05, 3.63) is 42.2 Å². The smallest absolute Gasteiger partial charge is 0.207 e. The molecule has 0 radical (unpaired) electrons. The van der Waals surface area contributed by atoms with E-state index in [2.05, 4.69) is 66.1 Å². The van der Waals surface area contributed by atoms with Crippen molar-refractivity contribution in [2.24, 2.45) is 5.92 Å². The topological polar surface area (TPSA) is 29.9 Å². The Morgan fingerprint density at radius 2 is 1.80 bits per heavy atom. The molecule has 108 valence electrons. The van der Waals surface area contributed by atoms with Gasteiger partial charge in [-0.15, -0.1) is 0 Å². The maximum absolute atomic E-state index is 4.61. The summed E-state index contributed by atoms with van der Waals surface area (Å²) in [5, 5.41) is 3.54. The molecule has 3 nitrogen and oxygen atoms in total. The SMILES string of the molecule is Cc1cn(-c2ccccc2)c(NC(C)CCC(C)C)n1. The molecule has 0 amide bonds. The molecule has 2 aromatic rings. The summed E-state index contributed by atoms with van der Waals surface area (Å²) >= 11 is 0. The zero-order valence-corrected chi connectivity index (χ0v) is 12.9. The summed E-state index contributed by atoms with van der Waals surface area (Å²) in [5.41, 5.74) is 2.18. The summed E-state index contributed by atoms with van der Waals surface area (Å²) in [7, 11) is 0. The molecule has 1 unspecified atom stereocenters. The van der Waals surface area contributed by atoms with E-state index in [0.717, 1.165) is 23.2 Å². The molecule has 0 aliphatic heterocycles. The first-order chi connectivity index (χ1) is 9.56. The number of nitrogens with one attached hydrogen (secondary N) is 1. The minimum absolute atomic E-state index is 0.432. The third kappa shape index (κ3) is 3.86. The number of hydrogen-bond donors (Lipinski definition) is 1. The number of aromatic nitrogens is 2. The lowest BCUT2D eigenvalue weighted by Gasteiger charge is -2.17. The van der Waals surface area contributed by atoms with Gasteiger partial charge in [0.15, 0.2) is 0 Å². The molecule has 1 heterocycles. The molecule has 3 heteroatoms. The van der Waals surface area contributed by atoms with Crippen molar-refractivity contribution in [3.8, 4) is 5.69 Å². The van der Waals surface area contributed by atoms with Gasteiger partial charge in [0.05, 0.1) is 5.69 Å². The number of rotatable bonds is 6. The molecule has 1 aromatic carbocycles. The molecule has 1 aromatic heterocycles. The number of imidazole rings is 1. The zero-order chi connectivity index (χ0) is 14.5. The monoisotopic (exact) mass is 271 g/mol. The van der Waals surface area contributed by atoms with Crippen molar-refractivity contribution in [1.29, 1.82) is 0 Å². The van der Waals surface area contributed by atoms with Gasteiger partial charge in [0.1, 0.15) is 0 Å². The first kappa shape index (κ1) is 14.6. The Hall–Kier alpha value is -1.77. The number of nitrogens with zero attached hydrogens (tertiary/aromatic N) is 2. The fourth-order valence-electron chi connectivity index (χ4n) is 2.26. The number of anilines is 1. The van der Waals surface area contributed by atoms with Crippen LogP contribution in [0.2, 0.25) is 0 Å². The maximum Gasteiger partial charge on any atom is 0.207 e. The lowest BCUT2D eigenvalue weighted by molar-refractivity contribution is 0.526. The predicted octanol–water partition coefficient (Wildman–Crippen LogP) is 4.42. The van der Waals surface area contributed by atoms with E-state index < -0.39 is 0 Å². The molecule has 2 rings (SSSR count). The second-order valence-corrected chi connectivity index (χ2v) is 5.93. The average molecular weight is 271 g/mol. The van der Waals surface area contributed by atoms with Gasteiger partial charge in [-0.1, -0.05) is 32.0 Å². The molecule has 1 N–H and O–H groups in total. The minimum Gasteiger partial charge on any atom is -0.353 e. The van der Waals surface area contributed by atoms with E-state index in [9.17, 15) is 0 Å². The first-order valence-electron chi connectivity index (χ1n) is 7.44. The van der Waals surface area contributed by atoms with Gasteiger partial charge in [0.2, 0.25) is 5.95 Å². The van der Waals surface area contributed by atoms with Crippen LogP contribution in [0.4, 0.5) is 5.95 Å². The molecule has 0 aliphatic carbocycles. The molecule has 1 atom stereocenters. The standard InChI is InChI=1S/C17H25N3/c1-13(2)10-11-14(3)18-17-19-15(4)12-20(17)16-8-6-5-7-9-16/h5-9,12-14H,10-11H2,1-4H3,(H,18,19). The summed E-state index contributed by atoms with van der Waals surface area (Å²) < 4.78 is 2.13. The third-order valence-electron chi connectivity index (χ3n) is 3.41. The van der Waals surface area contributed by atoms with Gasteiger partial charge in [0, 0.05) is 17.9 Å². The van der Waals surface area contributed by atoms with Gasteiger partial charge in [-0.25, -0.2) is 4.98 Å². The minimum atomic E-state index is 0.432. The third-order valence-corrected chi connectivity index (χ3v) is 3.41. The molecule has 0 saturated heterocycles. The summed E-state index contributed by atoms with van der Waals surface area (Å²) in [6.07, 6.45) is 4.48. The number of hydrogen-bond acceptors (Lipinski definition) is 2. The van der Waals surface area contributed by atoms with Crippen LogP contribution in [0.15, 0.2) is 36.5 Å². The van der Waals surface area contributed by atoms with Gasteiger partial charge in [0.25, 0.3) is 0 Å². The molecule has 0 fully saturated rings. The van der Waals surface area contributed by atoms with E-state index in [0.29, 0.717) is 6.04 Å². The second kappa shape index (κ2) is 6.60. The van der Waals surface area contributed by atoms with E-state index in [-0.39, 0.29) is 0 Å². The average Bonchev–Trinajstić information content (AvgIpc) is 2.78. The molecular weight excluding hydrogens is 246 g/mol. The molecule has 0 spiro atoms. The van der Waals surface area contributed by atoms with Gasteiger partial charge in [-0.2, -0.15) is 0 Å². The van der Waals surface area contributed by atoms with Crippen LogP contribution >= 0.6 is 0 Å². The molecule has 0 saturated carbocycles. The molecule has 0 bridgehead atoms. The van der Waals surface area contributed by atoms with Crippen LogP contribution in [0, 0.1) is 12.8 Å². The Morgan fingerprint density at radius 3 is 2.45 bits per heavy atom. The van der Waals surface area contributed by atoms with Crippen molar-refractivity contribution >= 4 is 5.95 Å². The van der Waals surface area contributed by atoms with Crippen LogP contribution in [0.5, 0.6) is 0 Å². The van der Waals surface area contributed by atoms with Gasteiger partial charge in [-0.05, 0) is 44.7 Å². The highest BCUT2D eigenvalue weighted by atomic mass is 15.2. The highest BCUT2D eigenvalue weighted by Gasteiger charge is 2.10. The van der Waals surface area contributed by atoms with Gasteiger partial charge in [-0.3, -0.25) is 4.57 Å². The van der Waals surface area contributed by atoms with Crippen molar-refractivity contribution < 1.29 is 0 Å². The Bertz CT molecular complexity index is 528. The quantitative estimate of drug-likeness (QED) is 0.843. The second-order valence-electron chi connectivity index (χ2n) is 5.93.